The van der Waals surface area contributed by atoms with Gasteiger partial charge in [-0.05, 0) is 39.8 Å². The van der Waals surface area contributed by atoms with Gasteiger partial charge in [0.15, 0.2) is 6.23 Å². The lowest BCUT2D eigenvalue weighted by molar-refractivity contribution is -0.149. The number of benzene rings is 1. The molecule has 14 heteroatoms. The first kappa shape index (κ1) is 25.6. The monoisotopic (exact) mass is 563 g/mol. The predicted octanol–water partition coefficient (Wildman–Crippen LogP) is 3.21. The summed E-state index contributed by atoms with van der Waals surface area (Å²) in [6, 6.07) is 6.51. The maximum atomic E-state index is 13.8. The fourth-order valence-electron chi connectivity index (χ4n) is 3.17. The molecule has 11 nitrogen and oxygen atoms in total. The third kappa shape index (κ3) is 7.04. The van der Waals surface area contributed by atoms with Crippen molar-refractivity contribution in [2.24, 2.45) is 0 Å². The first-order valence-corrected chi connectivity index (χ1v) is 13.4. The van der Waals surface area contributed by atoms with E-state index in [9.17, 15) is 19.3 Å². The Morgan fingerprint density at radius 3 is 2.69 bits per heavy atom. The van der Waals surface area contributed by atoms with E-state index in [1.54, 1.807) is 39.0 Å². The Kier molecular flexibility index (Phi) is 8.53. The average Bonchev–Trinajstić information content (AvgIpc) is 3.11. The van der Waals surface area contributed by atoms with Gasteiger partial charge in [-0.25, -0.2) is 9.36 Å². The van der Waals surface area contributed by atoms with Crippen molar-refractivity contribution < 1.29 is 35.7 Å². The predicted molar refractivity (Wildman–Crippen MR) is 135 cm³/mol. The fourth-order valence-corrected chi connectivity index (χ4v) is 4.99. The molecule has 1 unspecified atom stereocenters. The molecule has 1 fully saturated rings. The standard InChI is InChI=1S/C22H29ClN3O8PS/c1-12(2)32-21(28)14(4)25-35(30,34-15-8-6-5-7-9-15)31-11-16-18(27)17(23)20(33-16)26-10-13(3)19(36)24-22(26)29/h5-10,12,14,16-18,20,27H,11H2,1-4H3,(H,25,30)(H,24,29,36)/t14-,16-,17+,18?,20-,35+/m0/s1/i11D2. The van der Waals surface area contributed by atoms with Crippen molar-refractivity contribution in [3.05, 3.63) is 57.2 Å². The number of H-pyrrole nitrogens is 1. The number of rotatable bonds is 10. The second-order valence-electron chi connectivity index (χ2n) is 8.31. The molecule has 3 N–H and O–H groups in total. The van der Waals surface area contributed by atoms with E-state index in [2.05, 4.69) is 10.1 Å². The summed E-state index contributed by atoms with van der Waals surface area (Å²) in [6.45, 7) is 3.23. The fraction of sp³-hybridized carbons (Fsp3) is 0.500. The molecule has 2 heterocycles. The molecule has 0 bridgehead atoms. The number of ether oxygens (including phenoxy) is 2. The van der Waals surface area contributed by atoms with Gasteiger partial charge in [0.05, 0.1) is 15.4 Å². The number of nitrogens with one attached hydrogen (secondary N) is 2. The number of aromatic amines is 1. The Bertz CT molecular complexity index is 1310. The molecule has 0 spiro atoms. The molecule has 1 aromatic carbocycles. The van der Waals surface area contributed by atoms with Crippen LogP contribution in [0.2, 0.25) is 0 Å². The van der Waals surface area contributed by atoms with Crippen LogP contribution >= 0.6 is 31.6 Å². The van der Waals surface area contributed by atoms with E-state index in [0.717, 1.165) is 4.57 Å². The Morgan fingerprint density at radius 1 is 1.39 bits per heavy atom. The number of esters is 1. The van der Waals surface area contributed by atoms with Gasteiger partial charge >= 0.3 is 19.4 Å². The first-order chi connectivity index (χ1) is 17.6. The summed E-state index contributed by atoms with van der Waals surface area (Å²) in [4.78, 5) is 27.2. The lowest BCUT2D eigenvalue weighted by Crippen LogP contribution is -2.37. The van der Waals surface area contributed by atoms with Gasteiger partial charge in [-0.3, -0.25) is 18.9 Å². The molecule has 1 aliphatic heterocycles. The third-order valence-electron chi connectivity index (χ3n) is 4.93. The van der Waals surface area contributed by atoms with Crippen molar-refractivity contribution in [3.63, 3.8) is 0 Å². The highest BCUT2D eigenvalue weighted by molar-refractivity contribution is 7.71. The number of carbonyl (C=O) groups excluding carboxylic acids is 1. The quantitative estimate of drug-likeness (QED) is 0.171. The van der Waals surface area contributed by atoms with Crippen LogP contribution in [0.15, 0.2) is 41.3 Å². The molecule has 6 atom stereocenters. The molecule has 0 amide bonds. The van der Waals surface area contributed by atoms with Crippen molar-refractivity contribution in [2.75, 3.05) is 6.56 Å². The maximum Gasteiger partial charge on any atom is 0.459 e. The Morgan fingerprint density at radius 2 is 2.06 bits per heavy atom. The number of carbonyl (C=O) groups is 1. The molecule has 0 saturated carbocycles. The zero-order valence-corrected chi connectivity index (χ0v) is 22.4. The van der Waals surface area contributed by atoms with Crippen LogP contribution in [0.4, 0.5) is 0 Å². The normalized spacial score (nSPS) is 25.5. The number of aliphatic hydroxyl groups excluding tert-OH is 1. The molecule has 1 aromatic heterocycles. The van der Waals surface area contributed by atoms with E-state index in [4.69, 9.17) is 45.1 Å². The van der Waals surface area contributed by atoms with Gasteiger partial charge in [0.25, 0.3) is 0 Å². The van der Waals surface area contributed by atoms with E-state index < -0.39 is 61.9 Å². The summed E-state index contributed by atoms with van der Waals surface area (Å²) in [5, 5.41) is 11.8. The van der Waals surface area contributed by atoms with Gasteiger partial charge in [-0.1, -0.05) is 30.4 Å². The largest absolute Gasteiger partial charge is 0.462 e. The van der Waals surface area contributed by atoms with E-state index in [1.807, 2.05) is 0 Å². The highest BCUT2D eigenvalue weighted by atomic mass is 35.5. The molecule has 2 aromatic rings. The number of alkyl halides is 1. The summed E-state index contributed by atoms with van der Waals surface area (Å²) < 4.78 is 53.5. The lowest BCUT2D eigenvalue weighted by Gasteiger charge is -2.25. The minimum atomic E-state index is -4.68. The van der Waals surface area contributed by atoms with Gasteiger partial charge in [-0.2, -0.15) is 5.09 Å². The number of halogens is 1. The zero-order chi connectivity index (χ0) is 28.4. The van der Waals surface area contributed by atoms with E-state index in [0.29, 0.717) is 5.56 Å². The zero-order valence-electron chi connectivity index (χ0n) is 21.9. The Balaban J connectivity index is 1.90. The van der Waals surface area contributed by atoms with Gasteiger partial charge in [0.2, 0.25) is 0 Å². The number of aliphatic hydroxyl groups is 1. The van der Waals surface area contributed by atoms with Crippen LogP contribution in [-0.2, 0) is 23.4 Å². The molecule has 0 aliphatic carbocycles. The van der Waals surface area contributed by atoms with Crippen molar-refractivity contribution in [3.8, 4) is 5.75 Å². The second-order valence-corrected chi connectivity index (χ2v) is 10.8. The molecule has 198 valence electrons. The second kappa shape index (κ2) is 12.0. The van der Waals surface area contributed by atoms with Crippen molar-refractivity contribution in [1.82, 2.24) is 14.6 Å². The van der Waals surface area contributed by atoms with Crippen LogP contribution in [0, 0.1) is 11.6 Å². The van der Waals surface area contributed by atoms with Crippen LogP contribution in [-0.4, -0.2) is 56.9 Å². The lowest BCUT2D eigenvalue weighted by atomic mass is 10.2. The number of hydrogen-bond donors (Lipinski definition) is 3. The highest BCUT2D eigenvalue weighted by Gasteiger charge is 2.45. The molecule has 3 rings (SSSR count). The summed E-state index contributed by atoms with van der Waals surface area (Å²) in [7, 11) is -4.68. The van der Waals surface area contributed by atoms with Crippen molar-refractivity contribution in [2.45, 2.75) is 63.7 Å². The molecule has 36 heavy (non-hydrogen) atoms. The third-order valence-corrected chi connectivity index (χ3v) is 7.33. The summed E-state index contributed by atoms with van der Waals surface area (Å²) in [6.07, 6.45) is -3.96. The van der Waals surface area contributed by atoms with E-state index >= 15 is 0 Å². The number of para-hydroxylation sites is 1. The van der Waals surface area contributed by atoms with Crippen LogP contribution < -0.4 is 15.3 Å². The van der Waals surface area contributed by atoms with E-state index in [-0.39, 0.29) is 10.4 Å². The van der Waals surface area contributed by atoms with Gasteiger partial charge in [0, 0.05) is 11.8 Å². The summed E-state index contributed by atoms with van der Waals surface area (Å²) >= 11 is 11.4. The van der Waals surface area contributed by atoms with Crippen LogP contribution in [0.25, 0.3) is 0 Å². The SMILES string of the molecule is [2H]C([2H])(O[P@](=O)(N[C@@H](C)C(=O)OC(C)C)Oc1ccccc1)[C@@H]1O[C@H](n2cc(C)c(=S)[nH]c2=O)[C@H](Cl)C1O. The first-order valence-electron chi connectivity index (χ1n) is 12.0. The van der Waals surface area contributed by atoms with Gasteiger partial charge < -0.3 is 19.1 Å². The summed E-state index contributed by atoms with van der Waals surface area (Å²) in [5.41, 5.74) is -0.181. The Hall–Kier alpha value is -2.05. The minimum absolute atomic E-state index is 0.0473. The molecule has 0 radical (unpaired) electrons. The molecule has 1 saturated heterocycles. The van der Waals surface area contributed by atoms with Crippen molar-refractivity contribution >= 4 is 37.5 Å². The Labute approximate surface area is 221 Å². The number of hydrogen-bond acceptors (Lipinski definition) is 9. The van der Waals surface area contributed by atoms with Crippen LogP contribution in [0.5, 0.6) is 5.75 Å². The number of aryl methyl sites for hydroxylation is 1. The van der Waals surface area contributed by atoms with E-state index in [1.165, 1.54) is 25.3 Å². The van der Waals surface area contributed by atoms with Crippen LogP contribution in [0.1, 0.15) is 35.3 Å². The smallest absolute Gasteiger partial charge is 0.459 e. The molecular formula is C22H29ClN3O8PS. The number of nitrogens with zero attached hydrogens (tertiary/aromatic N) is 1. The van der Waals surface area contributed by atoms with Gasteiger partial charge in [0.1, 0.15) is 34.0 Å². The molecule has 1 aliphatic rings. The van der Waals surface area contributed by atoms with Crippen LogP contribution in [0.3, 0.4) is 0 Å². The highest BCUT2D eigenvalue weighted by Crippen LogP contribution is 2.46. The summed E-state index contributed by atoms with van der Waals surface area (Å²) in [5.74, 6) is -0.735. The minimum Gasteiger partial charge on any atom is -0.462 e. The average molecular weight is 564 g/mol. The van der Waals surface area contributed by atoms with Gasteiger partial charge in [-0.15, -0.1) is 11.6 Å². The topological polar surface area (TPSA) is 141 Å². The maximum absolute atomic E-state index is 13.8. The van der Waals surface area contributed by atoms with Crippen molar-refractivity contribution in [1.29, 1.82) is 0 Å². The molecular weight excluding hydrogens is 533 g/mol. The number of aromatic nitrogens is 2.